The van der Waals surface area contributed by atoms with Gasteiger partial charge in [-0.25, -0.2) is 9.18 Å². The molecular formula is C26H25FN4O4S. The van der Waals surface area contributed by atoms with Crippen molar-refractivity contribution in [2.75, 3.05) is 50.3 Å². The van der Waals surface area contributed by atoms with Gasteiger partial charge in [0.15, 0.2) is 0 Å². The minimum absolute atomic E-state index is 0.150. The fraction of sp³-hybridized carbons (Fsp3) is 0.192. The van der Waals surface area contributed by atoms with Crippen molar-refractivity contribution in [2.24, 2.45) is 0 Å². The van der Waals surface area contributed by atoms with E-state index in [1.54, 1.807) is 43.3 Å². The monoisotopic (exact) mass is 508 g/mol. The minimum Gasteiger partial charge on any atom is -0.465 e. The lowest BCUT2D eigenvalue weighted by molar-refractivity contribution is -0.119. The van der Waals surface area contributed by atoms with Crippen LogP contribution in [0, 0.1) is 5.82 Å². The molecule has 0 bridgehead atoms. The van der Waals surface area contributed by atoms with Gasteiger partial charge in [0.1, 0.15) is 5.82 Å². The number of benzene rings is 2. The number of rotatable bonds is 7. The Morgan fingerprint density at radius 2 is 1.89 bits per heavy atom. The number of nitrogens with zero attached hydrogens (tertiary/aromatic N) is 2. The fourth-order valence-corrected chi connectivity index (χ4v) is 4.58. The van der Waals surface area contributed by atoms with Gasteiger partial charge < -0.3 is 25.2 Å². The summed E-state index contributed by atoms with van der Waals surface area (Å²) in [5.41, 5.74) is 2.83. The van der Waals surface area contributed by atoms with Crippen LogP contribution in [0.25, 0.3) is 11.3 Å². The van der Waals surface area contributed by atoms with E-state index in [-0.39, 0.29) is 24.0 Å². The van der Waals surface area contributed by atoms with E-state index in [1.165, 1.54) is 42.5 Å². The first kappa shape index (κ1) is 25.1. The second kappa shape index (κ2) is 10.3. The van der Waals surface area contributed by atoms with E-state index in [1.807, 2.05) is 17.5 Å². The Morgan fingerprint density at radius 1 is 1.11 bits per heavy atom. The average Bonchev–Trinajstić information content (AvgIpc) is 3.48. The van der Waals surface area contributed by atoms with Crippen LogP contribution in [-0.2, 0) is 14.3 Å². The zero-order valence-electron chi connectivity index (χ0n) is 20.2. The molecule has 0 aliphatic carbocycles. The third kappa shape index (κ3) is 5.00. The highest BCUT2D eigenvalue weighted by molar-refractivity contribution is 7.11. The molecule has 1 aliphatic heterocycles. The van der Waals surface area contributed by atoms with Crippen LogP contribution >= 0.6 is 11.3 Å². The van der Waals surface area contributed by atoms with Gasteiger partial charge in [0.25, 0.3) is 5.91 Å². The van der Waals surface area contributed by atoms with Crippen LogP contribution in [0.15, 0.2) is 53.9 Å². The number of halogens is 1. The summed E-state index contributed by atoms with van der Waals surface area (Å²) in [5.74, 6) is -1.68. The van der Waals surface area contributed by atoms with Crippen molar-refractivity contribution >= 4 is 57.5 Å². The van der Waals surface area contributed by atoms with Gasteiger partial charge in [-0.15, -0.1) is 11.3 Å². The molecule has 1 aromatic heterocycles. The lowest BCUT2D eigenvalue weighted by Gasteiger charge is -2.21. The van der Waals surface area contributed by atoms with Crippen LogP contribution < -0.4 is 15.5 Å². The van der Waals surface area contributed by atoms with E-state index < -0.39 is 11.8 Å². The van der Waals surface area contributed by atoms with Crippen molar-refractivity contribution in [3.8, 4) is 0 Å². The Morgan fingerprint density at radius 3 is 2.53 bits per heavy atom. The molecular weight excluding hydrogens is 483 g/mol. The number of carbonyl (C=O) groups is 3. The molecule has 36 heavy (non-hydrogen) atoms. The summed E-state index contributed by atoms with van der Waals surface area (Å²) in [5, 5.41) is 7.87. The summed E-state index contributed by atoms with van der Waals surface area (Å²) in [6, 6.07) is 13.0. The van der Waals surface area contributed by atoms with Gasteiger partial charge in [0, 0.05) is 18.3 Å². The number of anilines is 3. The maximum atomic E-state index is 15.1. The largest absolute Gasteiger partial charge is 0.465 e. The molecule has 0 unspecified atom stereocenters. The highest BCUT2D eigenvalue weighted by atomic mass is 32.1. The number of ether oxygens (including phenoxy) is 1. The first-order valence-electron chi connectivity index (χ1n) is 11.0. The van der Waals surface area contributed by atoms with E-state index in [9.17, 15) is 14.4 Å². The maximum absolute atomic E-state index is 15.1. The number of likely N-dealkylation sites (N-methyl/N-ethyl adjacent to an activating group) is 2. The van der Waals surface area contributed by atoms with Gasteiger partial charge in [-0.2, -0.15) is 0 Å². The van der Waals surface area contributed by atoms with Crippen LogP contribution in [-0.4, -0.2) is 57.5 Å². The third-order valence-electron chi connectivity index (χ3n) is 5.61. The lowest BCUT2D eigenvalue weighted by atomic mass is 10.0. The van der Waals surface area contributed by atoms with Crippen molar-refractivity contribution < 1.29 is 23.5 Å². The zero-order valence-corrected chi connectivity index (χ0v) is 21.0. The van der Waals surface area contributed by atoms with Crippen LogP contribution in [0.3, 0.4) is 0 Å². The normalized spacial score (nSPS) is 13.8. The predicted molar refractivity (Wildman–Crippen MR) is 140 cm³/mol. The number of carbonyl (C=O) groups excluding carboxylic acids is 3. The van der Waals surface area contributed by atoms with E-state index in [2.05, 4.69) is 10.6 Å². The smallest absolute Gasteiger partial charge is 0.337 e. The molecule has 2 amide bonds. The highest BCUT2D eigenvalue weighted by Crippen LogP contribution is 2.39. The standard InChI is InChI=1S/C26H25FN4O4S/c1-30(2)14-22(32)31(3)20-10-8-16(13-18(20)27)28-24(21-6-5-11-36-21)23-17-9-7-15(26(34)35-4)12-19(17)29-25(23)33/h5-13,28H,14H2,1-4H3,(H,29,33). The Bertz CT molecular complexity index is 1370. The lowest BCUT2D eigenvalue weighted by Crippen LogP contribution is -2.35. The van der Waals surface area contributed by atoms with Gasteiger partial charge in [-0.3, -0.25) is 9.59 Å². The molecule has 2 aromatic carbocycles. The van der Waals surface area contributed by atoms with Crippen molar-refractivity contribution in [2.45, 2.75) is 0 Å². The summed E-state index contributed by atoms with van der Waals surface area (Å²) in [7, 11) is 6.35. The summed E-state index contributed by atoms with van der Waals surface area (Å²) in [6.07, 6.45) is 0. The van der Waals surface area contributed by atoms with Crippen LogP contribution in [0.2, 0.25) is 0 Å². The van der Waals surface area contributed by atoms with Crippen LogP contribution in [0.5, 0.6) is 0 Å². The average molecular weight is 509 g/mol. The molecule has 0 saturated carbocycles. The molecule has 8 nitrogen and oxygen atoms in total. The molecule has 2 N–H and O–H groups in total. The number of thiophene rings is 1. The quantitative estimate of drug-likeness (QED) is 0.368. The first-order chi connectivity index (χ1) is 17.2. The van der Waals surface area contributed by atoms with Gasteiger partial charge in [-0.05, 0) is 55.9 Å². The SMILES string of the molecule is COC(=O)c1ccc2c(c1)NC(=O)C2=C(Nc1ccc(N(C)C(=O)CN(C)C)c(F)c1)c1cccs1. The molecule has 3 aromatic rings. The number of nitrogens with one attached hydrogen (secondary N) is 2. The van der Waals surface area contributed by atoms with E-state index >= 15 is 4.39 Å². The molecule has 4 rings (SSSR count). The Labute approximate surface area is 212 Å². The van der Waals surface area contributed by atoms with Gasteiger partial charge >= 0.3 is 5.97 Å². The summed E-state index contributed by atoms with van der Waals surface area (Å²) in [4.78, 5) is 41.1. The van der Waals surface area contributed by atoms with Crippen molar-refractivity contribution in [1.82, 2.24) is 4.90 Å². The van der Waals surface area contributed by atoms with E-state index in [4.69, 9.17) is 4.74 Å². The second-order valence-electron chi connectivity index (χ2n) is 8.42. The number of amides is 2. The molecule has 2 heterocycles. The van der Waals surface area contributed by atoms with Crippen molar-refractivity contribution in [1.29, 1.82) is 0 Å². The number of fused-ring (bicyclic) bond motifs is 1. The summed E-state index contributed by atoms with van der Waals surface area (Å²) < 4.78 is 19.8. The number of hydrogen-bond acceptors (Lipinski definition) is 7. The third-order valence-corrected chi connectivity index (χ3v) is 6.49. The summed E-state index contributed by atoms with van der Waals surface area (Å²) >= 11 is 1.42. The van der Waals surface area contributed by atoms with E-state index in [0.29, 0.717) is 33.8 Å². The Hall–Kier alpha value is -4.02. The molecule has 0 atom stereocenters. The van der Waals surface area contributed by atoms with Crippen molar-refractivity contribution in [3.05, 3.63) is 75.7 Å². The minimum atomic E-state index is -0.580. The van der Waals surface area contributed by atoms with Crippen molar-refractivity contribution in [3.63, 3.8) is 0 Å². The van der Waals surface area contributed by atoms with Gasteiger partial charge in [0.05, 0.1) is 46.7 Å². The first-order valence-corrected chi connectivity index (χ1v) is 11.9. The number of methoxy groups -OCH3 is 1. The molecule has 10 heteroatoms. The van der Waals surface area contributed by atoms with Gasteiger partial charge in [-0.1, -0.05) is 12.1 Å². The number of hydrogen-bond donors (Lipinski definition) is 2. The Kier molecular flexibility index (Phi) is 7.18. The fourth-order valence-electron chi connectivity index (χ4n) is 3.85. The summed E-state index contributed by atoms with van der Waals surface area (Å²) in [6.45, 7) is 0.150. The molecule has 0 saturated heterocycles. The zero-order chi connectivity index (χ0) is 26.0. The highest BCUT2D eigenvalue weighted by Gasteiger charge is 2.30. The molecule has 0 fully saturated rings. The predicted octanol–water partition coefficient (Wildman–Crippen LogP) is 4.13. The molecule has 0 spiro atoms. The Balaban J connectivity index is 1.72. The van der Waals surface area contributed by atoms with Gasteiger partial charge in [0.2, 0.25) is 5.91 Å². The maximum Gasteiger partial charge on any atom is 0.337 e. The van der Waals surface area contributed by atoms with E-state index in [0.717, 1.165) is 4.88 Å². The van der Waals surface area contributed by atoms with Crippen LogP contribution in [0.4, 0.5) is 21.5 Å². The topological polar surface area (TPSA) is 91.0 Å². The molecule has 186 valence electrons. The molecule has 0 radical (unpaired) electrons. The van der Waals surface area contributed by atoms with Crippen LogP contribution in [0.1, 0.15) is 20.8 Å². The number of esters is 1. The molecule has 1 aliphatic rings. The second-order valence-corrected chi connectivity index (χ2v) is 9.36.